The third-order valence-corrected chi connectivity index (χ3v) is 3.01. The summed E-state index contributed by atoms with van der Waals surface area (Å²) in [7, 11) is 0. The van der Waals surface area contributed by atoms with Gasteiger partial charge in [-0.1, -0.05) is 12.1 Å². The summed E-state index contributed by atoms with van der Waals surface area (Å²) in [5.74, 6) is -0.334. The van der Waals surface area contributed by atoms with E-state index in [1.807, 2.05) is 0 Å². The minimum atomic E-state index is -0.489. The van der Waals surface area contributed by atoms with Crippen LogP contribution in [0.2, 0.25) is 0 Å². The minimum Gasteiger partial charge on any atom is -0.331 e. The highest BCUT2D eigenvalue weighted by molar-refractivity contribution is 7.80. The number of hydrogen-bond acceptors (Lipinski definition) is 4. The third-order valence-electron chi connectivity index (χ3n) is 2.81. The second-order valence-corrected chi connectivity index (χ2v) is 4.88. The van der Waals surface area contributed by atoms with Crippen LogP contribution in [0.15, 0.2) is 42.5 Å². The number of hydrogen-bond donors (Lipinski definition) is 3. The van der Waals surface area contributed by atoms with Gasteiger partial charge in [-0.15, -0.1) is 0 Å². The molecule has 0 saturated heterocycles. The molecule has 0 bridgehead atoms. The molecular formula is C14H13FN4O2S. The number of halogens is 1. The number of rotatable bonds is 4. The van der Waals surface area contributed by atoms with Crippen LogP contribution in [-0.2, 0) is 0 Å². The van der Waals surface area contributed by atoms with Crippen molar-refractivity contribution in [1.82, 2.24) is 5.43 Å². The van der Waals surface area contributed by atoms with Crippen molar-refractivity contribution in [3.8, 4) is 0 Å². The zero-order valence-corrected chi connectivity index (χ0v) is 12.4. The number of hydrazine groups is 1. The smallest absolute Gasteiger partial charge is 0.271 e. The summed E-state index contributed by atoms with van der Waals surface area (Å²) in [5, 5.41) is 13.7. The molecule has 0 aromatic heterocycles. The maximum Gasteiger partial charge on any atom is 0.271 e. The van der Waals surface area contributed by atoms with E-state index in [1.54, 1.807) is 31.2 Å². The zero-order chi connectivity index (χ0) is 16.1. The van der Waals surface area contributed by atoms with Crippen LogP contribution in [0, 0.1) is 22.9 Å². The molecule has 22 heavy (non-hydrogen) atoms. The van der Waals surface area contributed by atoms with Gasteiger partial charge in [0.25, 0.3) is 5.69 Å². The summed E-state index contributed by atoms with van der Waals surface area (Å²) < 4.78 is 13.4. The van der Waals surface area contributed by atoms with E-state index in [-0.39, 0.29) is 16.6 Å². The predicted molar refractivity (Wildman–Crippen MR) is 87.2 cm³/mol. The Balaban J connectivity index is 1.94. The Morgan fingerprint density at radius 3 is 2.68 bits per heavy atom. The highest BCUT2D eigenvalue weighted by Gasteiger charge is 2.06. The predicted octanol–water partition coefficient (Wildman–Crippen LogP) is 3.36. The molecule has 2 aromatic rings. The molecule has 114 valence electrons. The molecule has 0 aliphatic rings. The number of nitro benzene ring substituents is 1. The fraction of sp³-hybridized carbons (Fsp3) is 0.0714. The molecule has 2 rings (SSSR count). The van der Waals surface area contributed by atoms with Crippen LogP contribution in [0.1, 0.15) is 5.56 Å². The summed E-state index contributed by atoms with van der Waals surface area (Å²) in [6.45, 7) is 1.67. The van der Waals surface area contributed by atoms with E-state index in [4.69, 9.17) is 12.2 Å². The summed E-state index contributed by atoms with van der Waals surface area (Å²) in [6, 6.07) is 10.6. The molecule has 0 spiro atoms. The summed E-state index contributed by atoms with van der Waals surface area (Å²) >= 11 is 5.05. The lowest BCUT2D eigenvalue weighted by atomic mass is 10.2. The van der Waals surface area contributed by atoms with Gasteiger partial charge in [0, 0.05) is 17.8 Å². The largest absolute Gasteiger partial charge is 0.331 e. The molecule has 3 N–H and O–H groups in total. The summed E-state index contributed by atoms with van der Waals surface area (Å²) in [5.41, 5.74) is 6.89. The van der Waals surface area contributed by atoms with E-state index in [1.165, 1.54) is 18.2 Å². The van der Waals surface area contributed by atoms with Gasteiger partial charge in [0.1, 0.15) is 5.82 Å². The number of aryl methyl sites for hydroxylation is 1. The molecule has 0 saturated carbocycles. The highest BCUT2D eigenvalue weighted by Crippen LogP contribution is 2.16. The second kappa shape index (κ2) is 6.81. The van der Waals surface area contributed by atoms with E-state index >= 15 is 0 Å². The van der Waals surface area contributed by atoms with Crippen molar-refractivity contribution in [3.05, 3.63) is 64.0 Å². The van der Waals surface area contributed by atoms with E-state index in [2.05, 4.69) is 16.2 Å². The molecule has 0 amide bonds. The van der Waals surface area contributed by atoms with Crippen molar-refractivity contribution in [2.45, 2.75) is 6.92 Å². The highest BCUT2D eigenvalue weighted by atomic mass is 32.1. The van der Waals surface area contributed by atoms with Crippen molar-refractivity contribution in [2.75, 3.05) is 10.7 Å². The number of benzene rings is 2. The van der Waals surface area contributed by atoms with Gasteiger partial charge in [-0.3, -0.25) is 21.0 Å². The molecule has 8 heteroatoms. The fourth-order valence-electron chi connectivity index (χ4n) is 1.66. The number of nitro groups is 1. The maximum absolute atomic E-state index is 13.4. The Morgan fingerprint density at radius 1 is 1.23 bits per heavy atom. The first kappa shape index (κ1) is 15.6. The lowest BCUT2D eigenvalue weighted by Crippen LogP contribution is -2.33. The van der Waals surface area contributed by atoms with Crippen molar-refractivity contribution in [3.63, 3.8) is 0 Å². The Hall–Kier alpha value is -2.74. The van der Waals surface area contributed by atoms with Gasteiger partial charge in [-0.05, 0) is 42.9 Å². The monoisotopic (exact) mass is 320 g/mol. The fourth-order valence-corrected chi connectivity index (χ4v) is 1.83. The molecular weight excluding hydrogens is 307 g/mol. The lowest BCUT2D eigenvalue weighted by molar-refractivity contribution is -0.384. The molecule has 2 aromatic carbocycles. The first-order valence-electron chi connectivity index (χ1n) is 6.29. The summed E-state index contributed by atoms with van der Waals surface area (Å²) in [6.07, 6.45) is 0. The minimum absolute atomic E-state index is 0.0358. The van der Waals surface area contributed by atoms with Crippen LogP contribution in [-0.4, -0.2) is 10.0 Å². The molecule has 0 fully saturated rings. The number of thiocarbonyl (C=S) groups is 1. The van der Waals surface area contributed by atoms with Gasteiger partial charge in [-0.2, -0.15) is 0 Å². The van der Waals surface area contributed by atoms with Crippen LogP contribution in [0.25, 0.3) is 0 Å². The average molecular weight is 320 g/mol. The van der Waals surface area contributed by atoms with Gasteiger partial charge < -0.3 is 5.32 Å². The zero-order valence-electron chi connectivity index (χ0n) is 11.6. The van der Waals surface area contributed by atoms with Crippen molar-refractivity contribution >= 4 is 34.4 Å². The van der Waals surface area contributed by atoms with Crippen LogP contribution in [0.5, 0.6) is 0 Å². The quantitative estimate of drug-likeness (QED) is 0.455. The molecule has 6 nitrogen and oxygen atoms in total. The molecule has 0 atom stereocenters. The van der Waals surface area contributed by atoms with E-state index in [0.29, 0.717) is 16.9 Å². The third kappa shape index (κ3) is 4.13. The Kier molecular flexibility index (Phi) is 4.84. The van der Waals surface area contributed by atoms with Crippen LogP contribution < -0.4 is 16.2 Å². The van der Waals surface area contributed by atoms with E-state index < -0.39 is 4.92 Å². The van der Waals surface area contributed by atoms with Crippen molar-refractivity contribution in [1.29, 1.82) is 0 Å². The SMILES string of the molecule is Cc1ccc(NC(=S)NNc2cccc([N+](=O)[O-])c2)cc1F. The number of nitrogens with zero attached hydrogens (tertiary/aromatic N) is 1. The molecule has 0 heterocycles. The normalized spacial score (nSPS) is 9.91. The average Bonchev–Trinajstić information content (AvgIpc) is 2.49. The first-order valence-corrected chi connectivity index (χ1v) is 6.70. The second-order valence-electron chi connectivity index (χ2n) is 4.48. The van der Waals surface area contributed by atoms with Crippen molar-refractivity contribution < 1.29 is 9.31 Å². The van der Waals surface area contributed by atoms with Gasteiger partial charge >= 0.3 is 0 Å². The first-order chi connectivity index (χ1) is 10.5. The number of non-ortho nitro benzene ring substituents is 1. The molecule has 0 radical (unpaired) electrons. The van der Waals surface area contributed by atoms with Crippen LogP contribution in [0.3, 0.4) is 0 Å². The van der Waals surface area contributed by atoms with E-state index in [9.17, 15) is 14.5 Å². The Labute approximate surface area is 131 Å². The lowest BCUT2D eigenvalue weighted by Gasteiger charge is -2.12. The number of anilines is 2. The number of nitrogens with one attached hydrogen (secondary N) is 3. The standard InChI is InChI=1S/C14H13FN4O2S/c1-9-5-6-10(8-13(9)15)16-14(22)18-17-11-3-2-4-12(7-11)19(20)21/h2-8,17H,1H3,(H2,16,18,22). The van der Waals surface area contributed by atoms with Gasteiger partial charge in [0.05, 0.1) is 10.6 Å². The molecule has 0 aliphatic heterocycles. The van der Waals surface area contributed by atoms with Gasteiger partial charge in [-0.25, -0.2) is 4.39 Å². The van der Waals surface area contributed by atoms with Gasteiger partial charge in [0.15, 0.2) is 5.11 Å². The maximum atomic E-state index is 13.4. The van der Waals surface area contributed by atoms with Crippen LogP contribution in [0.4, 0.5) is 21.5 Å². The molecule has 0 unspecified atom stereocenters. The van der Waals surface area contributed by atoms with Crippen molar-refractivity contribution in [2.24, 2.45) is 0 Å². The van der Waals surface area contributed by atoms with Crippen LogP contribution >= 0.6 is 12.2 Å². The Morgan fingerprint density at radius 2 is 2.00 bits per heavy atom. The van der Waals surface area contributed by atoms with E-state index in [0.717, 1.165) is 0 Å². The molecule has 0 aliphatic carbocycles. The topological polar surface area (TPSA) is 79.2 Å². The summed E-state index contributed by atoms with van der Waals surface area (Å²) in [4.78, 5) is 10.2. The Bertz CT molecular complexity index is 724. The van der Waals surface area contributed by atoms with Gasteiger partial charge in [0.2, 0.25) is 0 Å².